The lowest BCUT2D eigenvalue weighted by atomic mass is 10.1. The Balaban J connectivity index is 0.000000181. The van der Waals surface area contributed by atoms with Gasteiger partial charge in [0.25, 0.3) is 0 Å². The van der Waals surface area contributed by atoms with E-state index >= 15 is 0 Å². The van der Waals surface area contributed by atoms with Crippen LogP contribution in [0.1, 0.15) is 47.1 Å². The fraction of sp³-hybridized carbons (Fsp3) is 0.130. The van der Waals surface area contributed by atoms with E-state index < -0.39 is 0 Å². The van der Waals surface area contributed by atoms with Gasteiger partial charge in [0.1, 0.15) is 45.4 Å². The predicted octanol–water partition coefficient (Wildman–Crippen LogP) is 12.7. The molecule has 0 fully saturated rings. The third-order valence-electron chi connectivity index (χ3n) is 8.37. The minimum atomic E-state index is -0.0958. The number of anilines is 1. The third-order valence-corrected chi connectivity index (χ3v) is 9.72. The molecule has 0 unspecified atom stereocenters. The maximum absolute atomic E-state index is 11.5. The quantitative estimate of drug-likeness (QED) is 0.0738. The van der Waals surface area contributed by atoms with Crippen LogP contribution in [0.4, 0.5) is 5.69 Å². The van der Waals surface area contributed by atoms with E-state index in [1.54, 1.807) is 36.4 Å². The van der Waals surface area contributed by atoms with E-state index in [0.717, 1.165) is 44.2 Å². The average molecular weight is 944 g/mol. The first-order chi connectivity index (χ1) is 28.0. The van der Waals surface area contributed by atoms with Crippen molar-refractivity contribution >= 4 is 72.3 Å². The number of ketones is 2. The second kappa shape index (κ2) is 22.0. The SMILES string of the molecule is CC(=O)CCC(=O)c1cccc(Br)n1.Cc1ccc(-c2cccc(Br)n2)n1-c1cc(Cl)ccc1OCc1ccccc1.Nc1cc(Cl)ccc1OCc1ccccc1. The zero-order valence-electron chi connectivity index (χ0n) is 31.7. The fourth-order valence-electron chi connectivity index (χ4n) is 5.50. The van der Waals surface area contributed by atoms with Crippen LogP contribution in [0.2, 0.25) is 10.0 Å². The van der Waals surface area contributed by atoms with E-state index in [2.05, 4.69) is 65.5 Å². The Morgan fingerprint density at radius 1 is 0.655 bits per heavy atom. The number of aromatic nitrogens is 3. The number of halogens is 4. The molecule has 3 aromatic heterocycles. The van der Waals surface area contributed by atoms with Crippen LogP contribution in [-0.4, -0.2) is 26.1 Å². The Labute approximate surface area is 365 Å². The first-order valence-corrected chi connectivity index (χ1v) is 20.5. The van der Waals surface area contributed by atoms with E-state index in [1.807, 2.05) is 97.1 Å². The Morgan fingerprint density at radius 3 is 1.81 bits per heavy atom. The van der Waals surface area contributed by atoms with Crippen molar-refractivity contribution in [2.24, 2.45) is 0 Å². The fourth-order valence-corrected chi connectivity index (χ4v) is 6.53. The molecule has 0 aliphatic rings. The van der Waals surface area contributed by atoms with Crippen molar-refractivity contribution in [3.05, 3.63) is 187 Å². The van der Waals surface area contributed by atoms with Crippen LogP contribution in [-0.2, 0) is 18.0 Å². The molecule has 0 saturated carbocycles. The van der Waals surface area contributed by atoms with Gasteiger partial charge in [-0.05, 0) is 130 Å². The molecule has 7 aromatic rings. The summed E-state index contributed by atoms with van der Waals surface area (Å²) in [6.45, 7) is 4.53. The van der Waals surface area contributed by atoms with Crippen LogP contribution in [0, 0.1) is 6.92 Å². The molecule has 0 saturated heterocycles. The molecular weight excluding hydrogens is 903 g/mol. The first kappa shape index (κ1) is 43.9. The van der Waals surface area contributed by atoms with Gasteiger partial charge in [0.2, 0.25) is 0 Å². The molecule has 0 aliphatic carbocycles. The monoisotopic (exact) mass is 940 g/mol. The number of hydrogen-bond acceptors (Lipinski definition) is 7. The van der Waals surface area contributed by atoms with Gasteiger partial charge in [-0.2, -0.15) is 0 Å². The van der Waals surface area contributed by atoms with Gasteiger partial charge in [-0.3, -0.25) is 4.79 Å². The highest BCUT2D eigenvalue weighted by molar-refractivity contribution is 9.10. The molecule has 0 atom stereocenters. The standard InChI is InChI=1S/C23H18BrClN2O.C13H12ClNO.C10H10BrNO2/c1-16-10-12-20(19-8-5-9-23(24)26-19)27(16)21-14-18(25)11-13-22(21)28-15-17-6-3-2-4-7-17;14-11-6-7-13(12(15)8-11)16-9-10-4-2-1-3-5-10;1-7(13)5-6-9(14)8-3-2-4-10(11)12-8/h2-14H,15H2,1H3;1-8H,9,15H2;2-4H,5-6H2,1H3. The van der Waals surface area contributed by atoms with Crippen LogP contribution in [0.15, 0.2) is 155 Å². The molecule has 0 radical (unpaired) electrons. The molecule has 2 N–H and O–H groups in total. The van der Waals surface area contributed by atoms with Crippen LogP contribution in [0.3, 0.4) is 0 Å². The highest BCUT2D eigenvalue weighted by Gasteiger charge is 2.16. The summed E-state index contributed by atoms with van der Waals surface area (Å²) in [7, 11) is 0. The highest BCUT2D eigenvalue weighted by atomic mass is 79.9. The van der Waals surface area contributed by atoms with Crippen LogP contribution < -0.4 is 15.2 Å². The number of pyridine rings is 2. The van der Waals surface area contributed by atoms with E-state index in [0.29, 0.717) is 45.0 Å². The van der Waals surface area contributed by atoms with Gasteiger partial charge in [0.05, 0.1) is 22.8 Å². The van der Waals surface area contributed by atoms with E-state index in [9.17, 15) is 9.59 Å². The smallest absolute Gasteiger partial charge is 0.181 e. The molecule has 296 valence electrons. The number of hydrogen-bond donors (Lipinski definition) is 1. The topological polar surface area (TPSA) is 109 Å². The number of nitrogens with two attached hydrogens (primary N) is 1. The Morgan fingerprint density at radius 2 is 1.22 bits per heavy atom. The Kier molecular flexibility index (Phi) is 16.7. The molecule has 0 aliphatic heterocycles. The summed E-state index contributed by atoms with van der Waals surface area (Å²) in [4.78, 5) is 30.7. The lowest BCUT2D eigenvalue weighted by Crippen LogP contribution is -2.04. The summed E-state index contributed by atoms with van der Waals surface area (Å²) in [6, 6.07) is 46.1. The molecule has 0 bridgehead atoms. The van der Waals surface area contributed by atoms with Crippen molar-refractivity contribution < 1.29 is 19.1 Å². The van der Waals surface area contributed by atoms with Gasteiger partial charge in [-0.15, -0.1) is 0 Å². The molecule has 8 nitrogen and oxygen atoms in total. The van der Waals surface area contributed by atoms with Crippen molar-refractivity contribution in [2.75, 3.05) is 5.73 Å². The van der Waals surface area contributed by atoms with E-state index in [-0.39, 0.29) is 24.4 Å². The maximum atomic E-state index is 11.5. The van der Waals surface area contributed by atoms with Crippen LogP contribution >= 0.6 is 55.1 Å². The predicted molar refractivity (Wildman–Crippen MR) is 240 cm³/mol. The van der Waals surface area contributed by atoms with E-state index in [1.165, 1.54) is 6.92 Å². The molecular formula is C46H40Br2Cl2N4O4. The second-order valence-electron chi connectivity index (χ2n) is 12.9. The molecule has 4 aromatic carbocycles. The molecule has 0 amide bonds. The average Bonchev–Trinajstić information content (AvgIpc) is 3.61. The summed E-state index contributed by atoms with van der Waals surface area (Å²) in [6.07, 6.45) is 0.520. The number of aryl methyl sites for hydroxylation is 1. The van der Waals surface area contributed by atoms with Crippen molar-refractivity contribution in [1.82, 2.24) is 14.5 Å². The number of nitrogen functional groups attached to an aromatic ring is 1. The minimum Gasteiger partial charge on any atom is -0.487 e. The van der Waals surface area contributed by atoms with Crippen molar-refractivity contribution in [1.29, 1.82) is 0 Å². The van der Waals surface area contributed by atoms with Gasteiger partial charge in [0.15, 0.2) is 5.78 Å². The Hall–Kier alpha value is -5.26. The number of nitrogens with zero attached hydrogens (tertiary/aromatic N) is 3. The van der Waals surface area contributed by atoms with Gasteiger partial charge in [-0.1, -0.05) is 96.0 Å². The third kappa shape index (κ3) is 13.4. The number of Topliss-reactive ketones (excluding diaryl/α,β-unsaturated/α-hetero) is 2. The first-order valence-electron chi connectivity index (χ1n) is 18.1. The molecule has 58 heavy (non-hydrogen) atoms. The number of carbonyl (C=O) groups excluding carboxylic acids is 2. The number of benzene rings is 4. The van der Waals surface area contributed by atoms with Crippen LogP contribution in [0.5, 0.6) is 11.5 Å². The number of rotatable bonds is 12. The highest BCUT2D eigenvalue weighted by Crippen LogP contribution is 2.34. The molecule has 7 rings (SSSR count). The summed E-state index contributed by atoms with van der Waals surface area (Å²) in [5.74, 6) is 1.35. The zero-order chi connectivity index (χ0) is 41.4. The number of ether oxygens (including phenoxy) is 2. The van der Waals surface area contributed by atoms with Gasteiger partial charge in [-0.25, -0.2) is 9.97 Å². The summed E-state index contributed by atoms with van der Waals surface area (Å²) in [5.41, 5.74) is 12.8. The van der Waals surface area contributed by atoms with Gasteiger partial charge in [0, 0.05) is 28.6 Å². The Bertz CT molecular complexity index is 2450. The number of carbonyl (C=O) groups is 2. The van der Waals surface area contributed by atoms with E-state index in [4.69, 9.17) is 38.4 Å². The largest absolute Gasteiger partial charge is 0.487 e. The molecule has 12 heteroatoms. The minimum absolute atomic E-state index is 0.0216. The second-order valence-corrected chi connectivity index (χ2v) is 15.4. The zero-order valence-corrected chi connectivity index (χ0v) is 36.4. The lowest BCUT2D eigenvalue weighted by molar-refractivity contribution is -0.117. The van der Waals surface area contributed by atoms with Crippen LogP contribution in [0.25, 0.3) is 17.1 Å². The van der Waals surface area contributed by atoms with Crippen molar-refractivity contribution in [2.45, 2.75) is 39.9 Å². The maximum Gasteiger partial charge on any atom is 0.181 e. The summed E-state index contributed by atoms with van der Waals surface area (Å²) >= 11 is 18.8. The lowest BCUT2D eigenvalue weighted by Gasteiger charge is -2.17. The summed E-state index contributed by atoms with van der Waals surface area (Å²) in [5, 5.41) is 1.27. The van der Waals surface area contributed by atoms with Gasteiger partial charge < -0.3 is 24.6 Å². The normalized spacial score (nSPS) is 10.4. The van der Waals surface area contributed by atoms with Gasteiger partial charge >= 0.3 is 0 Å². The molecule has 0 spiro atoms. The molecule has 3 heterocycles. The van der Waals surface area contributed by atoms with Crippen molar-refractivity contribution in [3.8, 4) is 28.6 Å². The summed E-state index contributed by atoms with van der Waals surface area (Å²) < 4.78 is 15.3. The van der Waals surface area contributed by atoms with Crippen molar-refractivity contribution in [3.63, 3.8) is 0 Å².